The predicted octanol–water partition coefficient (Wildman–Crippen LogP) is 2.87. The molecule has 0 unspecified atom stereocenters. The Morgan fingerprint density at radius 3 is 2.33 bits per heavy atom. The summed E-state index contributed by atoms with van der Waals surface area (Å²) in [6.45, 7) is 6.96. The molecule has 2 N–H and O–H groups in total. The molecule has 0 radical (unpaired) electrons. The Morgan fingerprint density at radius 1 is 1.03 bits per heavy atom. The molecule has 4 rings (SSSR count). The third-order valence-electron chi connectivity index (χ3n) is 6.96. The zero-order chi connectivity index (χ0) is 28.3. The van der Waals surface area contributed by atoms with Crippen molar-refractivity contribution in [1.82, 2.24) is 20.4 Å². The van der Waals surface area contributed by atoms with Crippen LogP contribution < -0.4 is 20.1 Å². The molecule has 2 aromatic rings. The number of barbiturate groups is 1. The van der Waals surface area contributed by atoms with Crippen molar-refractivity contribution in [2.75, 3.05) is 19.7 Å². The molecule has 2 saturated heterocycles. The highest BCUT2D eigenvalue weighted by atomic mass is 35.5. The number of hydrogen-bond acceptors (Lipinski definition) is 7. The predicted molar refractivity (Wildman–Crippen MR) is 140 cm³/mol. The molecule has 5 amide bonds. The molecule has 0 bridgehead atoms. The average molecular weight is 561 g/mol. The zero-order valence-corrected chi connectivity index (χ0v) is 22.6. The van der Waals surface area contributed by atoms with Crippen LogP contribution in [0.1, 0.15) is 32.8 Å². The Morgan fingerprint density at radius 2 is 1.69 bits per heavy atom. The highest BCUT2D eigenvalue weighted by Crippen LogP contribution is 2.35. The summed E-state index contributed by atoms with van der Waals surface area (Å²) in [5.41, 5.74) is -1.03. The maximum Gasteiger partial charge on any atom is 0.328 e. The van der Waals surface area contributed by atoms with Gasteiger partial charge >= 0.3 is 6.03 Å². The summed E-state index contributed by atoms with van der Waals surface area (Å²) < 4.78 is 24.9. The van der Waals surface area contributed by atoms with E-state index in [-0.39, 0.29) is 53.4 Å². The van der Waals surface area contributed by atoms with Gasteiger partial charge in [0.25, 0.3) is 23.3 Å². The van der Waals surface area contributed by atoms with Gasteiger partial charge in [-0.1, -0.05) is 30.7 Å². The van der Waals surface area contributed by atoms with E-state index in [4.69, 9.17) is 21.1 Å². The van der Waals surface area contributed by atoms with Gasteiger partial charge in [0.1, 0.15) is 5.82 Å². The maximum absolute atomic E-state index is 13.3. The Balaban J connectivity index is 1.42. The summed E-state index contributed by atoms with van der Waals surface area (Å²) in [6, 6.07) is 9.77. The number of benzene rings is 2. The van der Waals surface area contributed by atoms with E-state index in [1.165, 1.54) is 30.3 Å². The van der Waals surface area contributed by atoms with Gasteiger partial charge in [-0.3, -0.25) is 29.9 Å². The van der Waals surface area contributed by atoms with E-state index in [1.807, 2.05) is 24.5 Å². The number of ether oxygens (including phenoxy) is 2. The van der Waals surface area contributed by atoms with Gasteiger partial charge in [-0.25, -0.2) is 9.18 Å². The van der Waals surface area contributed by atoms with Crippen LogP contribution in [0.3, 0.4) is 0 Å². The van der Waals surface area contributed by atoms with Gasteiger partial charge in [-0.2, -0.15) is 0 Å². The number of carbonyl (C=O) groups excluding carboxylic acids is 4. The van der Waals surface area contributed by atoms with Gasteiger partial charge in [-0.15, -0.1) is 0 Å². The molecule has 2 heterocycles. The fraction of sp³-hybridized carbons (Fsp3) is 0.407. The van der Waals surface area contributed by atoms with E-state index >= 15 is 0 Å². The van der Waals surface area contributed by atoms with Crippen LogP contribution >= 0.6 is 11.6 Å². The summed E-state index contributed by atoms with van der Waals surface area (Å²) >= 11 is 6.13. The van der Waals surface area contributed by atoms with Crippen LogP contribution in [0.25, 0.3) is 0 Å². The van der Waals surface area contributed by atoms with Crippen molar-refractivity contribution in [3.63, 3.8) is 0 Å². The number of nitrogens with one attached hydrogen (secondary N) is 2. The second-order valence-corrected chi connectivity index (χ2v) is 10.1. The molecule has 2 aliphatic rings. The van der Waals surface area contributed by atoms with Crippen LogP contribution in [0, 0.1) is 5.82 Å². The van der Waals surface area contributed by atoms with Gasteiger partial charge in [0.05, 0.1) is 0 Å². The van der Waals surface area contributed by atoms with Crippen LogP contribution in [0.4, 0.5) is 9.18 Å². The van der Waals surface area contributed by atoms with E-state index in [9.17, 15) is 23.6 Å². The molecular formula is C27H30ClFN4O6. The third kappa shape index (κ3) is 6.15. The minimum Gasteiger partial charge on any atom is -0.480 e. The lowest BCUT2D eigenvalue weighted by Gasteiger charge is -2.44. The molecule has 39 heavy (non-hydrogen) atoms. The Bertz CT molecular complexity index is 1250. The first-order valence-electron chi connectivity index (χ1n) is 12.6. The number of halogens is 2. The molecule has 0 aromatic heterocycles. The van der Waals surface area contributed by atoms with Crippen LogP contribution in [-0.2, 0) is 20.9 Å². The number of amides is 5. The first kappa shape index (κ1) is 28.3. The maximum atomic E-state index is 13.3. The number of carbonyl (C=O) groups is 4. The quantitative estimate of drug-likeness (QED) is 0.477. The second-order valence-electron chi connectivity index (χ2n) is 9.70. The largest absolute Gasteiger partial charge is 0.480 e. The van der Waals surface area contributed by atoms with Crippen LogP contribution in [0.2, 0.25) is 5.02 Å². The van der Waals surface area contributed by atoms with Gasteiger partial charge < -0.3 is 14.4 Å². The Kier molecular flexibility index (Phi) is 8.41. The number of hydrogen-bond donors (Lipinski definition) is 2. The standard InChI is InChI=1S/C27H30ClFN4O6/c1-4-27(24(35)30-26(37)31-25(27)36)39-22-11-19(28)7-10-21(22)38-15-23(34)33-13-16(2)32(12-17(33)3)14-18-5-8-20(29)9-6-18/h5-11,16-17H,4,12-15H2,1-3H3,(H2,30,31,35,36,37)/t16-,17+/m0/s1. The Hall–Kier alpha value is -3.70. The molecule has 208 valence electrons. The van der Waals surface area contributed by atoms with Crippen LogP contribution in [0.5, 0.6) is 11.5 Å². The van der Waals surface area contributed by atoms with Crippen molar-refractivity contribution in [2.24, 2.45) is 0 Å². The molecular weight excluding hydrogens is 531 g/mol. The minimum atomic E-state index is -2.02. The number of imide groups is 2. The van der Waals surface area contributed by atoms with Gasteiger partial charge in [0.2, 0.25) is 0 Å². The molecule has 0 saturated carbocycles. The monoisotopic (exact) mass is 560 g/mol. The lowest BCUT2D eigenvalue weighted by Crippen LogP contribution is -2.68. The van der Waals surface area contributed by atoms with Gasteiger partial charge in [-0.05, 0) is 43.7 Å². The number of piperazine rings is 1. The SMILES string of the molecule is CCC1(Oc2cc(Cl)ccc2OCC(=O)N2C[C@H](C)N(Cc3ccc(F)cc3)C[C@H]2C)C(=O)NC(=O)NC1=O. The number of urea groups is 1. The molecule has 2 aliphatic heterocycles. The van der Waals surface area contributed by atoms with Crippen LogP contribution in [-0.4, -0.2) is 70.9 Å². The van der Waals surface area contributed by atoms with E-state index in [0.717, 1.165) is 5.56 Å². The van der Waals surface area contributed by atoms with E-state index in [2.05, 4.69) is 4.90 Å². The van der Waals surface area contributed by atoms with E-state index in [0.29, 0.717) is 19.6 Å². The van der Waals surface area contributed by atoms with Crippen molar-refractivity contribution >= 4 is 35.4 Å². The first-order valence-corrected chi connectivity index (χ1v) is 13.0. The molecule has 0 spiro atoms. The molecule has 0 aliphatic carbocycles. The molecule has 2 aromatic carbocycles. The van der Waals surface area contributed by atoms with Crippen molar-refractivity contribution in [3.05, 3.63) is 58.9 Å². The fourth-order valence-electron chi connectivity index (χ4n) is 4.71. The highest BCUT2D eigenvalue weighted by Gasteiger charge is 2.52. The van der Waals surface area contributed by atoms with Crippen molar-refractivity contribution in [2.45, 2.75) is 51.4 Å². The van der Waals surface area contributed by atoms with Crippen molar-refractivity contribution in [3.8, 4) is 11.5 Å². The zero-order valence-electron chi connectivity index (χ0n) is 21.8. The Labute approximate surface area is 230 Å². The minimum absolute atomic E-state index is 0.0256. The lowest BCUT2D eigenvalue weighted by molar-refractivity contribution is -0.152. The summed E-state index contributed by atoms with van der Waals surface area (Å²) in [7, 11) is 0. The third-order valence-corrected chi connectivity index (χ3v) is 7.20. The summed E-state index contributed by atoms with van der Waals surface area (Å²) in [4.78, 5) is 53.9. The second kappa shape index (κ2) is 11.6. The highest BCUT2D eigenvalue weighted by molar-refractivity contribution is 6.30. The topological polar surface area (TPSA) is 117 Å². The smallest absolute Gasteiger partial charge is 0.328 e. The summed E-state index contributed by atoms with van der Waals surface area (Å²) in [6.07, 6.45) is -0.0829. The van der Waals surface area contributed by atoms with E-state index < -0.39 is 23.4 Å². The normalized spacial score (nSPS) is 21.3. The first-order chi connectivity index (χ1) is 18.5. The lowest BCUT2D eigenvalue weighted by atomic mass is 9.96. The average Bonchev–Trinajstić information content (AvgIpc) is 2.88. The summed E-state index contributed by atoms with van der Waals surface area (Å²) in [5, 5.41) is 4.33. The van der Waals surface area contributed by atoms with E-state index in [1.54, 1.807) is 24.0 Å². The number of nitrogens with zero attached hydrogens (tertiary/aromatic N) is 2. The van der Waals surface area contributed by atoms with Crippen molar-refractivity contribution < 1.29 is 33.0 Å². The van der Waals surface area contributed by atoms with Crippen LogP contribution in [0.15, 0.2) is 42.5 Å². The molecule has 10 nitrogen and oxygen atoms in total. The molecule has 2 atom stereocenters. The molecule has 12 heteroatoms. The number of rotatable bonds is 8. The van der Waals surface area contributed by atoms with Gasteiger partial charge in [0.15, 0.2) is 18.1 Å². The molecule has 2 fully saturated rings. The fourth-order valence-corrected chi connectivity index (χ4v) is 4.87. The summed E-state index contributed by atoms with van der Waals surface area (Å²) in [5.74, 6) is -2.28. The van der Waals surface area contributed by atoms with Gasteiger partial charge in [0, 0.05) is 49.2 Å². The van der Waals surface area contributed by atoms with Crippen molar-refractivity contribution in [1.29, 1.82) is 0 Å².